The molecule has 0 aliphatic carbocycles. The first kappa shape index (κ1) is 23.6. The number of carboxylic acid groups (broad SMARTS) is 1. The van der Waals surface area contributed by atoms with Gasteiger partial charge in [-0.05, 0) is 92.8 Å². The molecule has 2 aromatic carbocycles. The number of thiocarbonyl (C=S) groups is 1. The first-order chi connectivity index (χ1) is 17.4. The van der Waals surface area contributed by atoms with E-state index in [0.717, 1.165) is 28.5 Å². The molecule has 0 amide bonds. The molecular weight excluding hydrogens is 472 g/mol. The first-order valence-electron chi connectivity index (χ1n) is 11.7. The summed E-state index contributed by atoms with van der Waals surface area (Å²) in [6, 6.07) is 24.1. The molecule has 1 aliphatic rings. The van der Waals surface area contributed by atoms with Crippen LogP contribution in [0.4, 0.5) is 5.69 Å². The van der Waals surface area contributed by atoms with Gasteiger partial charge in [0.05, 0.1) is 23.4 Å². The van der Waals surface area contributed by atoms with E-state index in [-0.39, 0.29) is 23.8 Å². The van der Waals surface area contributed by atoms with Gasteiger partial charge >= 0.3 is 5.97 Å². The van der Waals surface area contributed by atoms with Crippen LogP contribution in [0.15, 0.2) is 91.3 Å². The molecule has 2 atom stereocenters. The molecule has 3 heterocycles. The Labute approximate surface area is 215 Å². The minimum absolute atomic E-state index is 0.0801. The van der Waals surface area contributed by atoms with E-state index in [0.29, 0.717) is 5.11 Å². The number of nitrogens with zero attached hydrogens (tertiary/aromatic N) is 3. The van der Waals surface area contributed by atoms with Gasteiger partial charge in [0, 0.05) is 29.5 Å². The highest BCUT2D eigenvalue weighted by Crippen LogP contribution is 2.42. The van der Waals surface area contributed by atoms with Crippen LogP contribution in [0.2, 0.25) is 0 Å². The van der Waals surface area contributed by atoms with Crippen molar-refractivity contribution in [1.82, 2.24) is 14.9 Å². The standard InChI is InChI=1S/C28H26N4O3S/c1-18(2)35-22-13-11-20(12-14-22)32-26(25(30-28(32)36)23-9-3-4-15-29-23)24-10-6-16-31(24)21-8-5-7-19(17-21)27(33)34/h3-18,25-26H,1-2H3,(H,30,36)(H,33,34). The van der Waals surface area contributed by atoms with E-state index in [1.54, 1.807) is 24.4 Å². The molecule has 0 bridgehead atoms. The van der Waals surface area contributed by atoms with Gasteiger partial charge in [-0.2, -0.15) is 0 Å². The van der Waals surface area contributed by atoms with E-state index in [1.807, 2.05) is 85.3 Å². The zero-order valence-electron chi connectivity index (χ0n) is 19.9. The van der Waals surface area contributed by atoms with Crippen LogP contribution in [0.5, 0.6) is 5.75 Å². The van der Waals surface area contributed by atoms with Crippen LogP contribution in [-0.2, 0) is 0 Å². The number of hydrogen-bond acceptors (Lipinski definition) is 4. The number of benzene rings is 2. The van der Waals surface area contributed by atoms with E-state index in [1.165, 1.54) is 0 Å². The molecule has 8 heteroatoms. The fourth-order valence-corrected chi connectivity index (χ4v) is 4.90. The predicted octanol–water partition coefficient (Wildman–Crippen LogP) is 5.53. The monoisotopic (exact) mass is 498 g/mol. The van der Waals surface area contributed by atoms with Gasteiger partial charge in [-0.3, -0.25) is 4.98 Å². The molecule has 1 aliphatic heterocycles. The Morgan fingerprint density at radius 1 is 1.03 bits per heavy atom. The molecule has 2 unspecified atom stereocenters. The van der Waals surface area contributed by atoms with Gasteiger partial charge < -0.3 is 24.6 Å². The Morgan fingerprint density at radius 2 is 1.83 bits per heavy atom. The van der Waals surface area contributed by atoms with E-state index < -0.39 is 5.97 Å². The number of nitrogens with one attached hydrogen (secondary N) is 1. The number of carboxylic acids is 1. The topological polar surface area (TPSA) is 79.6 Å². The molecule has 2 N–H and O–H groups in total. The van der Waals surface area contributed by atoms with Gasteiger partial charge in [0.1, 0.15) is 11.8 Å². The number of aromatic nitrogens is 2. The number of ether oxygens (including phenoxy) is 1. The van der Waals surface area contributed by atoms with Gasteiger partial charge in [-0.15, -0.1) is 0 Å². The van der Waals surface area contributed by atoms with E-state index in [4.69, 9.17) is 17.0 Å². The zero-order valence-corrected chi connectivity index (χ0v) is 20.7. The lowest BCUT2D eigenvalue weighted by atomic mass is 10.0. The Bertz CT molecular complexity index is 1390. The number of aromatic carboxylic acids is 1. The Hall–Kier alpha value is -4.17. The largest absolute Gasteiger partial charge is 0.491 e. The lowest BCUT2D eigenvalue weighted by molar-refractivity contribution is 0.0697. The summed E-state index contributed by atoms with van der Waals surface area (Å²) in [5, 5.41) is 13.6. The molecule has 5 rings (SSSR count). The maximum absolute atomic E-state index is 11.6. The maximum Gasteiger partial charge on any atom is 0.335 e. The fourth-order valence-electron chi connectivity index (χ4n) is 4.55. The second-order valence-corrected chi connectivity index (χ2v) is 9.20. The predicted molar refractivity (Wildman–Crippen MR) is 143 cm³/mol. The summed E-state index contributed by atoms with van der Waals surface area (Å²) in [5.74, 6) is -0.176. The highest BCUT2D eigenvalue weighted by molar-refractivity contribution is 7.80. The second-order valence-electron chi connectivity index (χ2n) is 8.82. The summed E-state index contributed by atoms with van der Waals surface area (Å²) >= 11 is 5.84. The van der Waals surface area contributed by atoms with Crippen molar-refractivity contribution in [2.45, 2.75) is 32.0 Å². The van der Waals surface area contributed by atoms with Crippen molar-refractivity contribution >= 4 is 29.0 Å². The first-order valence-corrected chi connectivity index (χ1v) is 12.1. The SMILES string of the molecule is CC(C)Oc1ccc(N2C(=S)NC(c3ccccn3)C2c2cccn2-c2cccc(C(=O)O)c2)cc1. The molecule has 4 aromatic rings. The lowest BCUT2D eigenvalue weighted by Crippen LogP contribution is -2.30. The molecule has 36 heavy (non-hydrogen) atoms. The van der Waals surface area contributed by atoms with E-state index in [2.05, 4.69) is 15.2 Å². The smallest absolute Gasteiger partial charge is 0.335 e. The summed E-state index contributed by atoms with van der Waals surface area (Å²) < 4.78 is 7.83. The molecule has 182 valence electrons. The van der Waals surface area contributed by atoms with Crippen molar-refractivity contribution in [1.29, 1.82) is 0 Å². The molecule has 1 saturated heterocycles. The van der Waals surface area contributed by atoms with Crippen LogP contribution in [0.25, 0.3) is 5.69 Å². The van der Waals surface area contributed by atoms with Crippen LogP contribution >= 0.6 is 12.2 Å². The summed E-state index contributed by atoms with van der Waals surface area (Å²) in [7, 11) is 0. The number of hydrogen-bond donors (Lipinski definition) is 2. The van der Waals surface area contributed by atoms with Gasteiger partial charge in [0.25, 0.3) is 0 Å². The van der Waals surface area contributed by atoms with Crippen molar-refractivity contribution in [3.05, 3.63) is 108 Å². The third kappa shape index (κ3) is 4.55. The third-order valence-corrected chi connectivity index (χ3v) is 6.35. The normalized spacial score (nSPS) is 17.3. The van der Waals surface area contributed by atoms with Gasteiger partial charge in [-0.1, -0.05) is 12.1 Å². The van der Waals surface area contributed by atoms with Crippen molar-refractivity contribution in [3.63, 3.8) is 0 Å². The van der Waals surface area contributed by atoms with Crippen LogP contribution in [0.3, 0.4) is 0 Å². The van der Waals surface area contributed by atoms with Crippen molar-refractivity contribution in [2.24, 2.45) is 0 Å². The second kappa shape index (κ2) is 9.83. The van der Waals surface area contributed by atoms with Crippen molar-refractivity contribution in [3.8, 4) is 11.4 Å². The highest BCUT2D eigenvalue weighted by Gasteiger charge is 2.42. The minimum Gasteiger partial charge on any atom is -0.491 e. The summed E-state index contributed by atoms with van der Waals surface area (Å²) in [6.45, 7) is 3.99. The van der Waals surface area contributed by atoms with Gasteiger partial charge in [-0.25, -0.2) is 4.79 Å². The lowest BCUT2D eigenvalue weighted by Gasteiger charge is -2.29. The summed E-state index contributed by atoms with van der Waals surface area (Å²) in [5.41, 5.74) is 3.71. The molecule has 1 fully saturated rings. The molecule has 2 aromatic heterocycles. The Kier molecular flexibility index (Phi) is 6.43. The number of pyridine rings is 1. The van der Waals surface area contributed by atoms with Crippen molar-refractivity contribution in [2.75, 3.05) is 4.90 Å². The number of carbonyl (C=O) groups is 1. The van der Waals surface area contributed by atoms with Gasteiger partial charge in [0.2, 0.25) is 0 Å². The Morgan fingerprint density at radius 3 is 2.53 bits per heavy atom. The highest BCUT2D eigenvalue weighted by atomic mass is 32.1. The molecular formula is C28H26N4O3S. The maximum atomic E-state index is 11.6. The molecule has 7 nitrogen and oxygen atoms in total. The zero-order chi connectivity index (χ0) is 25.2. The third-order valence-electron chi connectivity index (χ3n) is 6.04. The Balaban J connectivity index is 1.61. The van der Waals surface area contributed by atoms with Crippen LogP contribution in [-0.4, -0.2) is 31.8 Å². The number of anilines is 1. The molecule has 0 saturated carbocycles. The number of rotatable bonds is 7. The van der Waals surface area contributed by atoms with Crippen LogP contribution in [0, 0.1) is 0 Å². The van der Waals surface area contributed by atoms with Crippen LogP contribution < -0.4 is 15.0 Å². The van der Waals surface area contributed by atoms with E-state index in [9.17, 15) is 9.90 Å². The molecule has 0 radical (unpaired) electrons. The minimum atomic E-state index is -0.967. The average molecular weight is 499 g/mol. The van der Waals surface area contributed by atoms with Gasteiger partial charge in [0.15, 0.2) is 5.11 Å². The van der Waals surface area contributed by atoms with Crippen molar-refractivity contribution < 1.29 is 14.6 Å². The summed E-state index contributed by atoms with van der Waals surface area (Å²) in [4.78, 5) is 18.3. The fraction of sp³-hybridized carbons (Fsp3) is 0.179. The van der Waals surface area contributed by atoms with Crippen LogP contribution in [0.1, 0.15) is 47.7 Å². The average Bonchev–Trinajstić information content (AvgIpc) is 3.49. The summed E-state index contributed by atoms with van der Waals surface area (Å²) in [6.07, 6.45) is 3.79. The quantitative estimate of drug-likeness (QED) is 0.324. The molecule has 0 spiro atoms. The van der Waals surface area contributed by atoms with E-state index >= 15 is 0 Å².